The molecule has 0 aromatic heterocycles. The number of ether oxygens (including phenoxy) is 1. The number of nitrogens with zero attached hydrogens (tertiary/aromatic N) is 1. The summed E-state index contributed by atoms with van der Waals surface area (Å²) in [4.78, 5) is 39.3. The molecule has 1 aliphatic heterocycles. The van der Waals surface area contributed by atoms with Gasteiger partial charge in [0.1, 0.15) is 0 Å². The third kappa shape index (κ3) is 4.61. The molecule has 0 saturated heterocycles. The van der Waals surface area contributed by atoms with Crippen LogP contribution in [-0.4, -0.2) is 48.4 Å². The van der Waals surface area contributed by atoms with Crippen LogP contribution in [0, 0.1) is 5.92 Å². The second kappa shape index (κ2) is 9.32. The number of amides is 3. The summed E-state index contributed by atoms with van der Waals surface area (Å²) >= 11 is 0. The minimum atomic E-state index is -0.261. The van der Waals surface area contributed by atoms with Gasteiger partial charge in [-0.2, -0.15) is 0 Å². The number of carbonyl (C=O) groups excluding carboxylic acids is 3. The van der Waals surface area contributed by atoms with Crippen LogP contribution < -0.4 is 5.32 Å². The van der Waals surface area contributed by atoms with Crippen LogP contribution in [0.4, 0.5) is 0 Å². The first-order valence-corrected chi connectivity index (χ1v) is 10.4. The Bertz CT molecular complexity index is 738. The van der Waals surface area contributed by atoms with Gasteiger partial charge in [0.15, 0.2) is 0 Å². The van der Waals surface area contributed by atoms with Crippen LogP contribution in [0.25, 0.3) is 0 Å². The van der Waals surface area contributed by atoms with E-state index in [-0.39, 0.29) is 23.8 Å². The Balaban J connectivity index is 1.58. The Morgan fingerprint density at radius 1 is 1.14 bits per heavy atom. The minimum absolute atomic E-state index is 0.00994. The molecule has 1 saturated carbocycles. The standard InChI is InChI=1S/C22H30N2O4/c1-15(2)14-28-12-6-11-23-20(25)16-9-10-18-19(13-16)22(27)24(21(18)26)17-7-4-3-5-8-17/h9-10,13,15,17H,3-8,11-12,14H2,1-2H3,(H,23,25). The van der Waals surface area contributed by atoms with Crippen molar-refractivity contribution in [2.24, 2.45) is 5.92 Å². The highest BCUT2D eigenvalue weighted by Gasteiger charge is 2.40. The molecule has 0 spiro atoms. The van der Waals surface area contributed by atoms with Gasteiger partial charge in [-0.25, -0.2) is 0 Å². The van der Waals surface area contributed by atoms with E-state index in [0.717, 1.165) is 38.5 Å². The lowest BCUT2D eigenvalue weighted by Crippen LogP contribution is -2.40. The first-order chi connectivity index (χ1) is 13.5. The SMILES string of the molecule is CC(C)COCCCNC(=O)c1ccc2c(c1)C(=O)N(C1CCCCC1)C2=O. The molecule has 6 heteroatoms. The predicted molar refractivity (Wildman–Crippen MR) is 106 cm³/mol. The molecule has 1 N–H and O–H groups in total. The maximum atomic E-state index is 12.8. The van der Waals surface area contributed by atoms with Crippen molar-refractivity contribution in [3.63, 3.8) is 0 Å². The number of imide groups is 1. The molecule has 1 fully saturated rings. The summed E-state index contributed by atoms with van der Waals surface area (Å²) in [6.45, 7) is 6.02. The number of nitrogens with one attached hydrogen (secondary N) is 1. The molecule has 3 rings (SSSR count). The van der Waals surface area contributed by atoms with E-state index < -0.39 is 0 Å². The summed E-state index contributed by atoms with van der Waals surface area (Å²) in [6, 6.07) is 4.78. The predicted octanol–water partition coefficient (Wildman–Crippen LogP) is 3.41. The second-order valence-electron chi connectivity index (χ2n) is 8.11. The average Bonchev–Trinajstić information content (AvgIpc) is 2.95. The van der Waals surface area contributed by atoms with E-state index in [9.17, 15) is 14.4 Å². The zero-order valence-electron chi connectivity index (χ0n) is 16.8. The molecule has 1 heterocycles. The Morgan fingerprint density at radius 2 is 1.86 bits per heavy atom. The molecule has 3 amide bonds. The highest BCUT2D eigenvalue weighted by atomic mass is 16.5. The van der Waals surface area contributed by atoms with Gasteiger partial charge < -0.3 is 10.1 Å². The van der Waals surface area contributed by atoms with Crippen molar-refractivity contribution in [1.82, 2.24) is 10.2 Å². The fraction of sp³-hybridized carbons (Fsp3) is 0.591. The second-order valence-corrected chi connectivity index (χ2v) is 8.11. The van der Waals surface area contributed by atoms with Gasteiger partial charge in [0.25, 0.3) is 17.7 Å². The Hall–Kier alpha value is -2.21. The first-order valence-electron chi connectivity index (χ1n) is 10.4. The molecular formula is C22H30N2O4. The van der Waals surface area contributed by atoms with E-state index in [1.54, 1.807) is 18.2 Å². The summed E-state index contributed by atoms with van der Waals surface area (Å²) in [7, 11) is 0. The maximum Gasteiger partial charge on any atom is 0.261 e. The van der Waals surface area contributed by atoms with Gasteiger partial charge >= 0.3 is 0 Å². The van der Waals surface area contributed by atoms with Crippen molar-refractivity contribution in [2.75, 3.05) is 19.8 Å². The summed E-state index contributed by atoms with van der Waals surface area (Å²) < 4.78 is 5.50. The molecule has 2 aliphatic rings. The number of hydrogen-bond donors (Lipinski definition) is 1. The third-order valence-corrected chi connectivity index (χ3v) is 5.32. The largest absolute Gasteiger partial charge is 0.381 e. The maximum absolute atomic E-state index is 12.8. The van der Waals surface area contributed by atoms with E-state index in [1.165, 1.54) is 4.90 Å². The number of benzene rings is 1. The van der Waals surface area contributed by atoms with E-state index in [4.69, 9.17) is 4.74 Å². The number of rotatable bonds is 8. The fourth-order valence-corrected chi connectivity index (χ4v) is 3.87. The normalized spacial score (nSPS) is 17.3. The van der Waals surface area contributed by atoms with Crippen LogP contribution in [0.1, 0.15) is 83.4 Å². The van der Waals surface area contributed by atoms with E-state index >= 15 is 0 Å². The Morgan fingerprint density at radius 3 is 2.57 bits per heavy atom. The van der Waals surface area contributed by atoms with Gasteiger partial charge in [-0.15, -0.1) is 0 Å². The Labute approximate surface area is 166 Å². The van der Waals surface area contributed by atoms with E-state index in [0.29, 0.717) is 42.4 Å². The highest BCUT2D eigenvalue weighted by Crippen LogP contribution is 2.31. The molecule has 1 aromatic rings. The lowest BCUT2D eigenvalue weighted by molar-refractivity contribution is 0.0548. The van der Waals surface area contributed by atoms with Crippen LogP contribution in [-0.2, 0) is 4.74 Å². The van der Waals surface area contributed by atoms with Crippen molar-refractivity contribution in [1.29, 1.82) is 0 Å². The molecule has 0 atom stereocenters. The van der Waals surface area contributed by atoms with Crippen LogP contribution >= 0.6 is 0 Å². The van der Waals surface area contributed by atoms with Crippen LogP contribution in [0.15, 0.2) is 18.2 Å². The van der Waals surface area contributed by atoms with Gasteiger partial charge in [-0.1, -0.05) is 33.1 Å². The van der Waals surface area contributed by atoms with Gasteiger partial charge in [-0.3, -0.25) is 19.3 Å². The number of fused-ring (bicyclic) bond motifs is 1. The lowest BCUT2D eigenvalue weighted by atomic mass is 9.94. The first kappa shape index (κ1) is 20.5. The molecule has 152 valence electrons. The van der Waals surface area contributed by atoms with Crippen LogP contribution in [0.2, 0.25) is 0 Å². The van der Waals surface area contributed by atoms with Gasteiger partial charge in [-0.05, 0) is 43.4 Å². The average molecular weight is 386 g/mol. The van der Waals surface area contributed by atoms with Crippen molar-refractivity contribution >= 4 is 17.7 Å². The quantitative estimate of drug-likeness (QED) is 0.549. The van der Waals surface area contributed by atoms with Crippen molar-refractivity contribution in [3.05, 3.63) is 34.9 Å². The van der Waals surface area contributed by atoms with Gasteiger partial charge in [0.05, 0.1) is 11.1 Å². The number of carbonyl (C=O) groups is 3. The molecule has 0 radical (unpaired) electrons. The topological polar surface area (TPSA) is 75.7 Å². The molecule has 0 unspecified atom stereocenters. The minimum Gasteiger partial charge on any atom is -0.381 e. The third-order valence-electron chi connectivity index (χ3n) is 5.32. The molecule has 28 heavy (non-hydrogen) atoms. The smallest absolute Gasteiger partial charge is 0.261 e. The fourth-order valence-electron chi connectivity index (χ4n) is 3.87. The number of hydrogen-bond acceptors (Lipinski definition) is 4. The summed E-state index contributed by atoms with van der Waals surface area (Å²) in [5.41, 5.74) is 1.17. The Kier molecular flexibility index (Phi) is 6.83. The summed E-state index contributed by atoms with van der Waals surface area (Å²) in [5, 5.41) is 2.85. The van der Waals surface area contributed by atoms with Gasteiger partial charge in [0.2, 0.25) is 0 Å². The van der Waals surface area contributed by atoms with Crippen molar-refractivity contribution in [3.8, 4) is 0 Å². The monoisotopic (exact) mass is 386 g/mol. The van der Waals surface area contributed by atoms with E-state index in [1.807, 2.05) is 0 Å². The zero-order valence-corrected chi connectivity index (χ0v) is 16.8. The molecule has 1 aromatic carbocycles. The lowest BCUT2D eigenvalue weighted by Gasteiger charge is -2.29. The molecular weight excluding hydrogens is 356 g/mol. The van der Waals surface area contributed by atoms with E-state index in [2.05, 4.69) is 19.2 Å². The van der Waals surface area contributed by atoms with Crippen LogP contribution in [0.3, 0.4) is 0 Å². The van der Waals surface area contributed by atoms with Crippen LogP contribution in [0.5, 0.6) is 0 Å². The summed E-state index contributed by atoms with van der Waals surface area (Å²) in [6.07, 6.45) is 5.73. The molecule has 6 nitrogen and oxygen atoms in total. The van der Waals surface area contributed by atoms with Crippen molar-refractivity contribution < 1.29 is 19.1 Å². The van der Waals surface area contributed by atoms with Crippen molar-refractivity contribution in [2.45, 2.75) is 58.4 Å². The van der Waals surface area contributed by atoms with Gasteiger partial charge in [0, 0.05) is 31.4 Å². The molecule has 0 bridgehead atoms. The highest BCUT2D eigenvalue weighted by molar-refractivity contribution is 6.22. The summed E-state index contributed by atoms with van der Waals surface area (Å²) in [5.74, 6) is -0.220. The zero-order chi connectivity index (χ0) is 20.1. The molecule has 1 aliphatic carbocycles.